The molecule has 0 rings (SSSR count). The van der Waals surface area contributed by atoms with Gasteiger partial charge in [0.25, 0.3) is 0 Å². The van der Waals surface area contributed by atoms with E-state index in [1.165, 1.54) is 14.6 Å². The fourth-order valence-corrected chi connectivity index (χ4v) is 52.2. The molecule has 0 aliphatic heterocycles. The van der Waals surface area contributed by atoms with Crippen LogP contribution in [0.1, 0.15) is 13.8 Å². The van der Waals surface area contributed by atoms with Crippen LogP contribution < -0.4 is 0 Å². The highest BCUT2D eigenvalue weighted by atomic mass is 33.2. The molecule has 7 nitrogen and oxygen atoms in total. The van der Waals surface area contributed by atoms with Gasteiger partial charge in [0.15, 0.2) is 25.0 Å². The summed E-state index contributed by atoms with van der Waals surface area (Å²) in [6, 6.07) is 2.23. The van der Waals surface area contributed by atoms with Gasteiger partial charge >= 0.3 is 42.8 Å². The van der Waals surface area contributed by atoms with Gasteiger partial charge in [-0.25, -0.2) is 0 Å². The number of rotatable bonds is 21. The minimum atomic E-state index is -2.39. The van der Waals surface area contributed by atoms with Crippen molar-refractivity contribution in [1.82, 2.24) is 0 Å². The Kier molecular flexibility index (Phi) is 19.3. The van der Waals surface area contributed by atoms with Crippen LogP contribution in [-0.2, 0) is 67.5 Å². The van der Waals surface area contributed by atoms with Gasteiger partial charge in [-0.15, -0.1) is 9.45 Å². The maximum Gasteiger partial charge on any atom is 0.322 e. The van der Waals surface area contributed by atoms with Crippen LogP contribution in [0.2, 0.25) is 123 Å². The monoisotopic (exact) mass is 846 g/mol. The highest BCUT2D eigenvalue weighted by Gasteiger charge is 2.45. The lowest BCUT2D eigenvalue weighted by atomic mass is 10.3. The van der Waals surface area contributed by atoms with Crippen molar-refractivity contribution in [2.24, 2.45) is 11.8 Å². The van der Waals surface area contributed by atoms with Gasteiger partial charge in [0.2, 0.25) is 0 Å². The van der Waals surface area contributed by atoms with E-state index in [1.54, 1.807) is 7.11 Å². The van der Waals surface area contributed by atoms with E-state index in [0.29, 0.717) is 11.8 Å². The van der Waals surface area contributed by atoms with Crippen LogP contribution in [0.15, 0.2) is 0 Å². The molecule has 0 saturated carbocycles. The summed E-state index contributed by atoms with van der Waals surface area (Å²) in [6.45, 7) is 42.4. The molecule has 0 aromatic carbocycles. The topological polar surface area (TPSA) is 64.6 Å². The van der Waals surface area contributed by atoms with Crippen molar-refractivity contribution in [3.8, 4) is 0 Å². The first-order chi connectivity index (χ1) is 19.7. The minimum Gasteiger partial charge on any atom is -0.437 e. The second kappa shape index (κ2) is 18.3. The summed E-state index contributed by atoms with van der Waals surface area (Å²) >= 11 is 5.39. The van der Waals surface area contributed by atoms with Crippen LogP contribution in [0.5, 0.6) is 0 Å². The molecule has 0 aromatic heterocycles. The molecule has 0 spiro atoms. The molecular formula is C26H70O7S4Si8. The van der Waals surface area contributed by atoms with Crippen molar-refractivity contribution >= 4 is 106 Å². The average Bonchev–Trinajstić information content (AvgIpc) is 2.65. The summed E-state index contributed by atoms with van der Waals surface area (Å²) in [4.78, 5) is 0. The summed E-state index contributed by atoms with van der Waals surface area (Å²) in [5.41, 5.74) is 0. The second-order valence-corrected chi connectivity index (χ2v) is 54.9. The highest BCUT2D eigenvalue weighted by molar-refractivity contribution is 8.58. The Labute approximate surface area is 300 Å². The highest BCUT2D eigenvalue weighted by Crippen LogP contribution is 2.30. The Balaban J connectivity index is 5.34. The van der Waals surface area contributed by atoms with Gasteiger partial charge in [-0.1, -0.05) is 13.8 Å². The van der Waals surface area contributed by atoms with Gasteiger partial charge in [-0.05, 0) is 164 Å². The molecule has 0 heterocycles. The van der Waals surface area contributed by atoms with Gasteiger partial charge in [-0.2, -0.15) is 0 Å². The average molecular weight is 848 g/mol. The summed E-state index contributed by atoms with van der Waals surface area (Å²) < 4.78 is 45.7. The van der Waals surface area contributed by atoms with Gasteiger partial charge in [-0.3, -0.25) is 0 Å². The molecular weight excluding hydrogens is 777 g/mol. The lowest BCUT2D eigenvalue weighted by Gasteiger charge is -2.41. The van der Waals surface area contributed by atoms with Crippen molar-refractivity contribution in [2.75, 3.05) is 18.6 Å². The van der Waals surface area contributed by atoms with Crippen molar-refractivity contribution in [3.05, 3.63) is 0 Å². The third-order valence-electron chi connectivity index (χ3n) is 6.31. The van der Waals surface area contributed by atoms with Crippen LogP contribution in [0.25, 0.3) is 0 Å². The molecule has 0 aromatic rings. The smallest absolute Gasteiger partial charge is 0.322 e. The largest absolute Gasteiger partial charge is 0.437 e. The lowest BCUT2D eigenvalue weighted by molar-refractivity contribution is 0.265. The van der Waals surface area contributed by atoms with Gasteiger partial charge in [0, 0.05) is 18.6 Å². The summed E-state index contributed by atoms with van der Waals surface area (Å²) in [5.74, 6) is 3.46. The van der Waals surface area contributed by atoms with E-state index < -0.39 is 67.8 Å². The van der Waals surface area contributed by atoms with Crippen molar-refractivity contribution < 1.29 is 29.1 Å². The maximum atomic E-state index is 6.92. The first kappa shape index (κ1) is 47.5. The molecule has 272 valence electrons. The van der Waals surface area contributed by atoms with Crippen LogP contribution >= 0.6 is 0 Å². The number of hydrogen-bond donors (Lipinski definition) is 0. The summed E-state index contributed by atoms with van der Waals surface area (Å²) in [5, 5.41) is 0. The SMILES string of the molecule is CO[Si](C)(C)O[Si](C)(C)O[Si](C)(C)O[Si](C)(C)CC(C)CS(CC(C)C[Si](C)(C)O[Si](C)(C)O[Si](C)(C)O[Si](C)(C)C)=S=S=S. The molecule has 3 atom stereocenters. The molecule has 45 heavy (non-hydrogen) atoms. The first-order valence-corrected chi connectivity index (χ1v) is 45.0. The zero-order valence-corrected chi connectivity index (χ0v) is 43.7. The zero-order chi connectivity index (χ0) is 35.9. The van der Waals surface area contributed by atoms with E-state index in [9.17, 15) is 0 Å². The van der Waals surface area contributed by atoms with E-state index in [2.05, 4.69) is 125 Å². The van der Waals surface area contributed by atoms with E-state index in [1.807, 2.05) is 8.88 Å². The van der Waals surface area contributed by atoms with E-state index in [4.69, 9.17) is 40.3 Å². The summed E-state index contributed by atoms with van der Waals surface area (Å²) in [7, 11) is -11.8. The molecule has 0 amide bonds. The van der Waals surface area contributed by atoms with Crippen molar-refractivity contribution in [3.63, 3.8) is 0 Å². The predicted molar refractivity (Wildman–Crippen MR) is 226 cm³/mol. The lowest BCUT2D eigenvalue weighted by Crippen LogP contribution is -2.57. The van der Waals surface area contributed by atoms with E-state index in [0.717, 1.165) is 17.8 Å². The normalized spacial score (nSPS) is 16.8. The Bertz CT molecular complexity index is 1040. The van der Waals surface area contributed by atoms with Gasteiger partial charge in [0.05, 0.1) is 0 Å². The fraction of sp³-hybridized carbons (Fsp3) is 1.00. The molecule has 0 bridgehead atoms. The molecule has 0 saturated heterocycles. The van der Waals surface area contributed by atoms with Crippen molar-refractivity contribution in [2.45, 2.75) is 137 Å². The van der Waals surface area contributed by atoms with E-state index in [-0.39, 0.29) is 9.45 Å². The predicted octanol–water partition coefficient (Wildman–Crippen LogP) is 8.83. The molecule has 0 radical (unpaired) electrons. The first-order valence-electron chi connectivity index (χ1n) is 16.1. The maximum absolute atomic E-state index is 6.92. The molecule has 19 heteroatoms. The molecule has 0 aliphatic carbocycles. The van der Waals surface area contributed by atoms with Crippen LogP contribution in [0.4, 0.5) is 0 Å². The molecule has 0 N–H and O–H groups in total. The fourth-order valence-electron chi connectivity index (χ4n) is 6.65. The molecule has 0 fully saturated rings. The second-order valence-electron chi connectivity index (χ2n) is 17.0. The van der Waals surface area contributed by atoms with E-state index >= 15 is 0 Å². The Morgan fingerprint density at radius 2 is 0.822 bits per heavy atom. The third-order valence-corrected chi connectivity index (χ3v) is 42.6. The molecule has 0 aliphatic rings. The number of hydrogen-bond acceptors (Lipinski definition) is 8. The van der Waals surface area contributed by atoms with Gasteiger partial charge in [0.1, 0.15) is 0 Å². The summed E-state index contributed by atoms with van der Waals surface area (Å²) in [6.07, 6.45) is 0. The Morgan fingerprint density at radius 1 is 0.511 bits per heavy atom. The van der Waals surface area contributed by atoms with Gasteiger partial charge < -0.3 is 29.1 Å². The Hall–Kier alpha value is 2.47. The molecule has 3 unspecified atom stereocenters. The third kappa shape index (κ3) is 23.5. The van der Waals surface area contributed by atoms with Crippen LogP contribution in [-0.4, -0.2) is 86.4 Å². The van der Waals surface area contributed by atoms with Crippen LogP contribution in [0, 0.1) is 11.8 Å². The standard InChI is InChI=1S/C26H70O7S4Si8/c1-25(23-39(7,8)29-43(15,16)32-42(13,14)28-38(4,5)6)21-37(36-35-34)22-26(2)24-40(9,10)30-44(17,18)33-45(19,20)31-41(11,12)27-3/h25-26H,21-24H2,1-20H3. The van der Waals surface area contributed by atoms with Crippen molar-refractivity contribution in [1.29, 1.82) is 0 Å². The zero-order valence-electron chi connectivity index (χ0n) is 32.5. The quantitative estimate of drug-likeness (QED) is 0.106. The minimum absolute atomic E-state index is 0.182. The Morgan fingerprint density at radius 3 is 1.13 bits per heavy atom. The van der Waals surface area contributed by atoms with Crippen LogP contribution in [0.3, 0.4) is 0 Å².